The van der Waals surface area contributed by atoms with Gasteiger partial charge in [0.1, 0.15) is 22.8 Å². The summed E-state index contributed by atoms with van der Waals surface area (Å²) in [5.41, 5.74) is 0.706. The smallest absolute Gasteiger partial charge is 0.175 e. The molecule has 2 aromatic heterocycles. The lowest BCUT2D eigenvalue weighted by molar-refractivity contribution is 0.289. The number of phenolic OH excluding ortho intramolecular Hbond substituents is 1. The standard InChI is InChI=1S/C27H23F2N5O/c1-2-19-22(28)8-3-14-9-18(35)10-20(23(14)19)25-24(29)26-21(12-31-25)27(32-34(26)16-6-7-16)33-13-15-4-5-17(33)11-30-15/h1,3,8-10,12,15-17,30,35H,4-7,11,13H2. The second-order valence-electron chi connectivity index (χ2n) is 9.83. The van der Waals surface area contributed by atoms with Gasteiger partial charge in [-0.2, -0.15) is 5.10 Å². The highest BCUT2D eigenvalue weighted by Gasteiger charge is 2.38. The summed E-state index contributed by atoms with van der Waals surface area (Å²) in [6.07, 6.45) is 11.4. The average molecular weight is 472 g/mol. The minimum absolute atomic E-state index is 0.0204. The third-order valence-electron chi connectivity index (χ3n) is 7.63. The Morgan fingerprint density at radius 2 is 1.94 bits per heavy atom. The van der Waals surface area contributed by atoms with Gasteiger partial charge >= 0.3 is 0 Å². The maximum absolute atomic E-state index is 16.4. The van der Waals surface area contributed by atoms with Crippen molar-refractivity contribution in [2.75, 3.05) is 18.0 Å². The predicted molar refractivity (Wildman–Crippen MR) is 130 cm³/mol. The second kappa shape index (κ2) is 7.40. The number of benzene rings is 2. The Bertz CT molecular complexity index is 1560. The molecule has 176 valence electrons. The van der Waals surface area contributed by atoms with Crippen molar-refractivity contribution in [3.05, 3.63) is 47.7 Å². The maximum atomic E-state index is 16.4. The van der Waals surface area contributed by atoms with Crippen LogP contribution in [0.25, 0.3) is 32.9 Å². The van der Waals surface area contributed by atoms with E-state index in [1.54, 1.807) is 10.9 Å². The van der Waals surface area contributed by atoms with Crippen molar-refractivity contribution in [3.63, 3.8) is 0 Å². The fourth-order valence-electron chi connectivity index (χ4n) is 5.78. The van der Waals surface area contributed by atoms with Crippen molar-refractivity contribution in [2.24, 2.45) is 0 Å². The van der Waals surface area contributed by atoms with Gasteiger partial charge in [0.25, 0.3) is 0 Å². The normalized spacial score (nSPS) is 21.7. The van der Waals surface area contributed by atoms with Gasteiger partial charge in [-0.25, -0.2) is 8.78 Å². The molecule has 3 saturated heterocycles. The Kier molecular flexibility index (Phi) is 4.37. The van der Waals surface area contributed by atoms with E-state index >= 15 is 4.39 Å². The van der Waals surface area contributed by atoms with Crippen LogP contribution in [0.3, 0.4) is 0 Å². The fraction of sp³-hybridized carbons (Fsp3) is 0.333. The van der Waals surface area contributed by atoms with Crippen molar-refractivity contribution in [3.8, 4) is 29.4 Å². The van der Waals surface area contributed by atoms with Crippen LogP contribution in [-0.4, -0.2) is 45.0 Å². The average Bonchev–Trinajstić information content (AvgIpc) is 3.64. The number of nitrogens with zero attached hydrogens (tertiary/aromatic N) is 4. The number of terminal acetylenes is 1. The van der Waals surface area contributed by atoms with Gasteiger partial charge < -0.3 is 15.3 Å². The number of pyridine rings is 1. The van der Waals surface area contributed by atoms with Crippen molar-refractivity contribution in [1.82, 2.24) is 20.1 Å². The highest BCUT2D eigenvalue weighted by molar-refractivity contribution is 6.03. The van der Waals surface area contributed by atoms with Crippen LogP contribution in [-0.2, 0) is 0 Å². The monoisotopic (exact) mass is 471 g/mol. The molecule has 8 heteroatoms. The van der Waals surface area contributed by atoms with Crippen molar-refractivity contribution in [2.45, 2.75) is 43.8 Å². The lowest BCUT2D eigenvalue weighted by Crippen LogP contribution is -2.61. The summed E-state index contributed by atoms with van der Waals surface area (Å²) in [4.78, 5) is 6.80. The lowest BCUT2D eigenvalue weighted by atomic mass is 9.93. The zero-order chi connectivity index (χ0) is 23.8. The van der Waals surface area contributed by atoms with E-state index in [9.17, 15) is 9.50 Å². The van der Waals surface area contributed by atoms with Crippen molar-refractivity contribution in [1.29, 1.82) is 0 Å². The molecule has 4 fully saturated rings. The Hall–Kier alpha value is -3.70. The topological polar surface area (TPSA) is 66.2 Å². The van der Waals surface area contributed by atoms with E-state index in [1.807, 2.05) is 0 Å². The number of phenols is 1. The molecule has 3 aliphatic heterocycles. The van der Waals surface area contributed by atoms with Crippen LogP contribution in [0.2, 0.25) is 0 Å². The van der Waals surface area contributed by atoms with Gasteiger partial charge in [0, 0.05) is 42.3 Å². The molecule has 2 atom stereocenters. The molecule has 2 bridgehead atoms. The summed E-state index contributed by atoms with van der Waals surface area (Å²) in [5, 5.41) is 20.4. The molecule has 0 radical (unpaired) electrons. The van der Waals surface area contributed by atoms with Gasteiger partial charge in [-0.1, -0.05) is 12.0 Å². The molecule has 4 aromatic rings. The van der Waals surface area contributed by atoms with Crippen LogP contribution < -0.4 is 10.2 Å². The first kappa shape index (κ1) is 20.7. The SMILES string of the molecule is C#Cc1c(F)ccc2cc(O)cc(-c3ncc4c(N5CC6CCC5CN6)nn(C5CC5)c4c3F)c12. The minimum atomic E-state index is -0.576. The molecule has 6 nitrogen and oxygen atoms in total. The van der Waals surface area contributed by atoms with E-state index in [0.29, 0.717) is 33.8 Å². The molecule has 35 heavy (non-hydrogen) atoms. The number of piperidine rings is 2. The number of fused-ring (bicyclic) bond motifs is 5. The third kappa shape index (κ3) is 3.04. The number of hydrogen-bond acceptors (Lipinski definition) is 5. The molecule has 2 aromatic carbocycles. The number of anilines is 1. The first-order valence-corrected chi connectivity index (χ1v) is 12.0. The number of nitrogens with one attached hydrogen (secondary N) is 1. The van der Waals surface area contributed by atoms with Crippen LogP contribution >= 0.6 is 0 Å². The van der Waals surface area contributed by atoms with Gasteiger partial charge in [-0.15, -0.1) is 6.42 Å². The van der Waals surface area contributed by atoms with Crippen LogP contribution in [0.15, 0.2) is 30.5 Å². The predicted octanol–water partition coefficient (Wildman–Crippen LogP) is 4.49. The lowest BCUT2D eigenvalue weighted by Gasteiger charge is -2.46. The highest BCUT2D eigenvalue weighted by Crippen LogP contribution is 2.44. The number of rotatable bonds is 3. The molecule has 2 unspecified atom stereocenters. The van der Waals surface area contributed by atoms with Crippen LogP contribution in [0, 0.1) is 24.0 Å². The quantitative estimate of drug-likeness (QED) is 0.431. The summed E-state index contributed by atoms with van der Waals surface area (Å²) in [6, 6.07) is 6.55. The zero-order valence-electron chi connectivity index (χ0n) is 18.9. The number of aromatic hydroxyl groups is 1. The van der Waals surface area contributed by atoms with E-state index < -0.39 is 11.6 Å². The number of halogens is 2. The molecule has 2 N–H and O–H groups in total. The summed E-state index contributed by atoms with van der Waals surface area (Å²) >= 11 is 0. The Morgan fingerprint density at radius 3 is 2.63 bits per heavy atom. The van der Waals surface area contributed by atoms with E-state index in [0.717, 1.165) is 44.6 Å². The van der Waals surface area contributed by atoms with Crippen molar-refractivity contribution < 1.29 is 13.9 Å². The largest absolute Gasteiger partial charge is 0.508 e. The highest BCUT2D eigenvalue weighted by atomic mass is 19.1. The molecule has 0 amide bonds. The number of hydrogen-bond donors (Lipinski definition) is 2. The summed E-state index contributed by atoms with van der Waals surface area (Å²) in [6.45, 7) is 1.74. The fourth-order valence-corrected chi connectivity index (χ4v) is 5.78. The molecule has 5 heterocycles. The summed E-state index contributed by atoms with van der Waals surface area (Å²) < 4.78 is 32.8. The van der Waals surface area contributed by atoms with E-state index in [-0.39, 0.29) is 28.6 Å². The molecule has 1 saturated carbocycles. The summed E-state index contributed by atoms with van der Waals surface area (Å²) in [7, 11) is 0. The van der Waals surface area contributed by atoms with E-state index in [1.165, 1.54) is 24.3 Å². The molecule has 1 aliphatic carbocycles. The van der Waals surface area contributed by atoms with Gasteiger partial charge in [0.05, 0.1) is 17.0 Å². The number of aromatic nitrogens is 3. The Balaban J connectivity index is 1.48. The van der Waals surface area contributed by atoms with Crippen LogP contribution in [0.4, 0.5) is 14.6 Å². The summed E-state index contributed by atoms with van der Waals surface area (Å²) in [5.74, 6) is 1.98. The van der Waals surface area contributed by atoms with Crippen molar-refractivity contribution >= 4 is 27.5 Å². The molecule has 4 aliphatic rings. The third-order valence-corrected chi connectivity index (χ3v) is 7.63. The minimum Gasteiger partial charge on any atom is -0.508 e. The molecule has 8 rings (SSSR count). The van der Waals surface area contributed by atoms with Gasteiger partial charge in [0.2, 0.25) is 0 Å². The van der Waals surface area contributed by atoms with Gasteiger partial charge in [0.15, 0.2) is 11.6 Å². The Labute approximate surface area is 200 Å². The van der Waals surface area contributed by atoms with E-state index in [4.69, 9.17) is 11.5 Å². The number of piperazine rings is 1. The maximum Gasteiger partial charge on any atom is 0.175 e. The van der Waals surface area contributed by atoms with Crippen LogP contribution in [0.5, 0.6) is 5.75 Å². The molecular formula is C27H23F2N5O. The van der Waals surface area contributed by atoms with Crippen LogP contribution in [0.1, 0.15) is 37.3 Å². The van der Waals surface area contributed by atoms with Gasteiger partial charge in [-0.05, 0) is 49.3 Å². The van der Waals surface area contributed by atoms with E-state index in [2.05, 4.69) is 21.1 Å². The second-order valence-corrected chi connectivity index (χ2v) is 9.83. The van der Waals surface area contributed by atoms with Gasteiger partial charge in [-0.3, -0.25) is 9.67 Å². The first-order valence-electron chi connectivity index (χ1n) is 12.0. The Morgan fingerprint density at radius 1 is 1.11 bits per heavy atom. The zero-order valence-corrected chi connectivity index (χ0v) is 18.9. The first-order chi connectivity index (χ1) is 17.0. The molecular weight excluding hydrogens is 448 g/mol. The molecule has 0 spiro atoms.